The van der Waals surface area contributed by atoms with Crippen molar-refractivity contribution in [2.45, 2.75) is 6.42 Å². The standard InChI is InChI=1S/C11H10BrNO/c12-11-6-3-5-10(8-11)4-1-2-7-13-9-14/h1-3,5-6,8H,4,7H2/b2-1-. The zero-order valence-corrected chi connectivity index (χ0v) is 9.20. The Balaban J connectivity index is 2.45. The van der Waals surface area contributed by atoms with Gasteiger partial charge in [0.05, 0.1) is 6.54 Å². The molecule has 0 aliphatic heterocycles. The van der Waals surface area contributed by atoms with E-state index in [2.05, 4.69) is 33.1 Å². The van der Waals surface area contributed by atoms with Gasteiger partial charge in [-0.2, -0.15) is 0 Å². The van der Waals surface area contributed by atoms with Gasteiger partial charge in [0.2, 0.25) is 6.08 Å². The van der Waals surface area contributed by atoms with E-state index in [1.807, 2.05) is 24.3 Å². The minimum atomic E-state index is 0.414. The Morgan fingerprint density at radius 1 is 1.43 bits per heavy atom. The minimum Gasteiger partial charge on any atom is -0.211 e. The van der Waals surface area contributed by atoms with Gasteiger partial charge in [0.15, 0.2) is 0 Å². The molecular formula is C11H10BrNO. The number of hydrogen-bond acceptors (Lipinski definition) is 2. The van der Waals surface area contributed by atoms with Gasteiger partial charge in [0, 0.05) is 4.47 Å². The van der Waals surface area contributed by atoms with Gasteiger partial charge in [0.1, 0.15) is 0 Å². The average Bonchev–Trinajstić information content (AvgIpc) is 2.18. The quantitative estimate of drug-likeness (QED) is 0.460. The van der Waals surface area contributed by atoms with Crippen LogP contribution in [0.15, 0.2) is 45.9 Å². The Hall–Kier alpha value is -1.18. The highest BCUT2D eigenvalue weighted by Gasteiger charge is 1.89. The highest BCUT2D eigenvalue weighted by Crippen LogP contribution is 2.12. The maximum absolute atomic E-state index is 9.75. The van der Waals surface area contributed by atoms with Crippen molar-refractivity contribution in [1.29, 1.82) is 0 Å². The van der Waals surface area contributed by atoms with Gasteiger partial charge in [0.25, 0.3) is 0 Å². The lowest BCUT2D eigenvalue weighted by Gasteiger charge is -1.96. The number of halogens is 1. The normalized spacial score (nSPS) is 10.1. The third kappa shape index (κ3) is 4.17. The molecular weight excluding hydrogens is 242 g/mol. The molecule has 1 aromatic carbocycles. The van der Waals surface area contributed by atoms with Crippen LogP contribution in [0.1, 0.15) is 5.56 Å². The molecule has 14 heavy (non-hydrogen) atoms. The fourth-order valence-electron chi connectivity index (χ4n) is 1.05. The van der Waals surface area contributed by atoms with Crippen LogP contribution in [-0.4, -0.2) is 12.6 Å². The van der Waals surface area contributed by atoms with Gasteiger partial charge in [-0.15, -0.1) is 0 Å². The molecule has 72 valence electrons. The largest absolute Gasteiger partial charge is 0.235 e. The Morgan fingerprint density at radius 2 is 2.29 bits per heavy atom. The molecule has 0 unspecified atom stereocenters. The molecule has 3 heteroatoms. The summed E-state index contributed by atoms with van der Waals surface area (Å²) in [6.07, 6.45) is 6.19. The summed E-state index contributed by atoms with van der Waals surface area (Å²) in [6, 6.07) is 8.10. The molecule has 0 saturated heterocycles. The van der Waals surface area contributed by atoms with Crippen LogP contribution < -0.4 is 0 Å². The second-order valence-corrected chi connectivity index (χ2v) is 3.65. The first-order chi connectivity index (χ1) is 6.83. The third-order valence-electron chi connectivity index (χ3n) is 1.67. The van der Waals surface area contributed by atoms with E-state index < -0.39 is 0 Å². The number of benzene rings is 1. The summed E-state index contributed by atoms with van der Waals surface area (Å²) in [6.45, 7) is 0.414. The lowest BCUT2D eigenvalue weighted by Crippen LogP contribution is -1.80. The average molecular weight is 252 g/mol. The van der Waals surface area contributed by atoms with Crippen LogP contribution in [0.2, 0.25) is 0 Å². The topological polar surface area (TPSA) is 29.4 Å². The smallest absolute Gasteiger partial charge is 0.211 e. The van der Waals surface area contributed by atoms with Gasteiger partial charge in [-0.3, -0.25) is 0 Å². The second kappa shape index (κ2) is 6.30. The van der Waals surface area contributed by atoms with Gasteiger partial charge < -0.3 is 0 Å². The Labute approximate surface area is 91.5 Å². The fourth-order valence-corrected chi connectivity index (χ4v) is 1.49. The molecule has 1 aromatic rings. The first-order valence-corrected chi connectivity index (χ1v) is 5.05. The molecule has 0 aromatic heterocycles. The summed E-state index contributed by atoms with van der Waals surface area (Å²) >= 11 is 3.40. The molecule has 0 spiro atoms. The molecule has 0 heterocycles. The van der Waals surface area contributed by atoms with Gasteiger partial charge in [-0.05, 0) is 24.1 Å². The minimum absolute atomic E-state index is 0.414. The first kappa shape index (κ1) is 10.9. The highest BCUT2D eigenvalue weighted by molar-refractivity contribution is 9.10. The third-order valence-corrected chi connectivity index (χ3v) is 2.16. The summed E-state index contributed by atoms with van der Waals surface area (Å²) in [7, 11) is 0. The number of aliphatic imine (C=N–C) groups is 1. The van der Waals surface area contributed by atoms with E-state index in [1.165, 1.54) is 11.6 Å². The van der Waals surface area contributed by atoms with Crippen LogP contribution in [-0.2, 0) is 11.2 Å². The molecule has 0 fully saturated rings. The summed E-state index contributed by atoms with van der Waals surface area (Å²) < 4.78 is 1.08. The van der Waals surface area contributed by atoms with E-state index >= 15 is 0 Å². The number of nitrogens with zero attached hydrogens (tertiary/aromatic N) is 1. The molecule has 0 aliphatic rings. The molecule has 0 atom stereocenters. The Bertz CT molecular complexity index is 367. The van der Waals surface area contributed by atoms with Crippen molar-refractivity contribution in [3.63, 3.8) is 0 Å². The Kier molecular flexibility index (Phi) is 4.90. The van der Waals surface area contributed by atoms with Crippen molar-refractivity contribution in [3.05, 3.63) is 46.5 Å². The molecule has 0 saturated carbocycles. The van der Waals surface area contributed by atoms with Crippen LogP contribution in [0.5, 0.6) is 0 Å². The number of rotatable bonds is 4. The number of carbonyl (C=O) groups excluding carboxylic acids is 1. The molecule has 0 radical (unpaired) electrons. The maximum atomic E-state index is 9.75. The van der Waals surface area contributed by atoms with Crippen molar-refractivity contribution >= 4 is 22.0 Å². The number of hydrogen-bond donors (Lipinski definition) is 0. The molecule has 0 aliphatic carbocycles. The van der Waals surface area contributed by atoms with E-state index in [-0.39, 0.29) is 0 Å². The zero-order chi connectivity index (χ0) is 10.2. The van der Waals surface area contributed by atoms with Crippen LogP contribution in [0.3, 0.4) is 0 Å². The zero-order valence-electron chi connectivity index (χ0n) is 7.61. The van der Waals surface area contributed by atoms with E-state index in [9.17, 15) is 4.79 Å². The predicted octanol–water partition coefficient (Wildman–Crippen LogP) is 2.88. The van der Waals surface area contributed by atoms with Crippen molar-refractivity contribution in [2.24, 2.45) is 4.99 Å². The van der Waals surface area contributed by atoms with Crippen LogP contribution in [0.25, 0.3) is 0 Å². The monoisotopic (exact) mass is 251 g/mol. The predicted molar refractivity (Wildman–Crippen MR) is 60.0 cm³/mol. The second-order valence-electron chi connectivity index (χ2n) is 2.74. The van der Waals surface area contributed by atoms with Gasteiger partial charge in [-0.25, -0.2) is 9.79 Å². The van der Waals surface area contributed by atoms with E-state index in [4.69, 9.17) is 0 Å². The van der Waals surface area contributed by atoms with Crippen LogP contribution >= 0.6 is 15.9 Å². The molecule has 2 nitrogen and oxygen atoms in total. The van der Waals surface area contributed by atoms with Crippen LogP contribution in [0.4, 0.5) is 0 Å². The van der Waals surface area contributed by atoms with Gasteiger partial charge >= 0.3 is 0 Å². The van der Waals surface area contributed by atoms with E-state index in [0.717, 1.165) is 10.9 Å². The molecule has 0 amide bonds. The summed E-state index contributed by atoms with van der Waals surface area (Å²) in [5.41, 5.74) is 1.23. The molecule has 0 N–H and O–H groups in total. The fraction of sp³-hybridized carbons (Fsp3) is 0.182. The van der Waals surface area contributed by atoms with Crippen molar-refractivity contribution in [1.82, 2.24) is 0 Å². The SMILES string of the molecule is O=C=NC/C=C\Cc1cccc(Br)c1. The summed E-state index contributed by atoms with van der Waals surface area (Å²) in [5.74, 6) is 0. The number of isocyanates is 1. The lowest BCUT2D eigenvalue weighted by molar-refractivity contribution is 0.564. The van der Waals surface area contributed by atoms with Crippen LogP contribution in [0, 0.1) is 0 Å². The molecule has 1 rings (SSSR count). The van der Waals surface area contributed by atoms with Crippen molar-refractivity contribution in [2.75, 3.05) is 6.54 Å². The lowest BCUT2D eigenvalue weighted by atomic mass is 10.1. The maximum Gasteiger partial charge on any atom is 0.235 e. The number of allylic oxidation sites excluding steroid dienone is 1. The van der Waals surface area contributed by atoms with E-state index in [0.29, 0.717) is 6.54 Å². The van der Waals surface area contributed by atoms with Crippen molar-refractivity contribution in [3.8, 4) is 0 Å². The van der Waals surface area contributed by atoms with Gasteiger partial charge in [-0.1, -0.05) is 40.2 Å². The first-order valence-electron chi connectivity index (χ1n) is 4.26. The highest BCUT2D eigenvalue weighted by atomic mass is 79.9. The summed E-state index contributed by atoms with van der Waals surface area (Å²) in [5, 5.41) is 0. The van der Waals surface area contributed by atoms with Crippen molar-refractivity contribution < 1.29 is 4.79 Å². The summed E-state index contributed by atoms with van der Waals surface area (Å²) in [4.78, 5) is 13.2. The van der Waals surface area contributed by atoms with E-state index in [1.54, 1.807) is 0 Å². The Morgan fingerprint density at radius 3 is 3.00 bits per heavy atom. The molecule has 0 bridgehead atoms.